The Bertz CT molecular complexity index is 422. The molecule has 0 aromatic heterocycles. The van der Waals surface area contributed by atoms with Crippen molar-refractivity contribution >= 4 is 34.2 Å². The summed E-state index contributed by atoms with van der Waals surface area (Å²) in [6, 6.07) is 3.56. The third kappa shape index (κ3) is 3.37. The number of carbonyl (C=O) groups is 1. The second-order valence-corrected chi connectivity index (χ2v) is 5.85. The van der Waals surface area contributed by atoms with Crippen LogP contribution >= 0.6 is 22.6 Å². The van der Waals surface area contributed by atoms with Crippen LogP contribution in [0.25, 0.3) is 0 Å². The number of hydrogen-bond donors (Lipinski definition) is 1. The largest absolute Gasteiger partial charge is 0.456 e. The summed E-state index contributed by atoms with van der Waals surface area (Å²) in [4.78, 5) is 11.9. The highest BCUT2D eigenvalue weighted by atomic mass is 127. The number of esters is 1. The number of benzene rings is 1. The average Bonchev–Trinajstić information content (AvgIpc) is 2.08. The first-order valence-corrected chi connectivity index (χ1v) is 6.07. The predicted octanol–water partition coefficient (Wildman–Crippen LogP) is 3.14. The predicted molar refractivity (Wildman–Crippen MR) is 73.5 cm³/mol. The molecular weight excluding hydrogens is 317 g/mol. The van der Waals surface area contributed by atoms with Crippen LogP contribution in [-0.4, -0.2) is 11.6 Å². The van der Waals surface area contributed by atoms with Gasteiger partial charge in [-0.15, -0.1) is 0 Å². The molecule has 0 aliphatic carbocycles. The first-order chi connectivity index (χ1) is 7.20. The van der Waals surface area contributed by atoms with Crippen molar-refractivity contribution in [1.82, 2.24) is 0 Å². The van der Waals surface area contributed by atoms with E-state index in [-0.39, 0.29) is 5.97 Å². The highest BCUT2D eigenvalue weighted by molar-refractivity contribution is 14.1. The normalized spacial score (nSPS) is 11.3. The molecule has 1 aromatic carbocycles. The molecule has 0 saturated heterocycles. The lowest BCUT2D eigenvalue weighted by atomic mass is 10.1. The zero-order valence-electron chi connectivity index (χ0n) is 9.93. The van der Waals surface area contributed by atoms with Crippen LogP contribution in [0.5, 0.6) is 0 Å². The van der Waals surface area contributed by atoms with Gasteiger partial charge >= 0.3 is 5.97 Å². The quantitative estimate of drug-likeness (QED) is 0.488. The lowest BCUT2D eigenvalue weighted by molar-refractivity contribution is 0.00688. The average molecular weight is 333 g/mol. The first kappa shape index (κ1) is 13.3. The van der Waals surface area contributed by atoms with Gasteiger partial charge in [-0.05, 0) is 68.0 Å². The van der Waals surface area contributed by atoms with Crippen molar-refractivity contribution in [2.75, 3.05) is 5.73 Å². The van der Waals surface area contributed by atoms with Crippen molar-refractivity contribution in [1.29, 1.82) is 0 Å². The molecule has 4 heteroatoms. The molecule has 0 aliphatic rings. The Labute approximate surface area is 109 Å². The highest BCUT2D eigenvalue weighted by Gasteiger charge is 2.19. The van der Waals surface area contributed by atoms with Crippen LogP contribution in [0.1, 0.15) is 36.7 Å². The monoisotopic (exact) mass is 333 g/mol. The smallest absolute Gasteiger partial charge is 0.338 e. The summed E-state index contributed by atoms with van der Waals surface area (Å²) in [5.74, 6) is -0.326. The van der Waals surface area contributed by atoms with Gasteiger partial charge in [-0.25, -0.2) is 4.79 Å². The number of nitrogen functional groups attached to an aromatic ring is 1. The van der Waals surface area contributed by atoms with Crippen LogP contribution in [0.3, 0.4) is 0 Å². The number of anilines is 1. The standard InChI is InChI=1S/C12H16INO2/c1-7-5-9(13)10(14)6-8(7)11(15)16-12(2,3)4/h5-6H,14H2,1-4H3. The van der Waals surface area contributed by atoms with E-state index < -0.39 is 5.60 Å². The Morgan fingerprint density at radius 3 is 2.44 bits per heavy atom. The van der Waals surface area contributed by atoms with Gasteiger partial charge in [-0.3, -0.25) is 0 Å². The molecule has 0 unspecified atom stereocenters. The fourth-order valence-corrected chi connectivity index (χ4v) is 1.87. The summed E-state index contributed by atoms with van der Waals surface area (Å²) >= 11 is 2.14. The van der Waals surface area contributed by atoms with Crippen LogP contribution in [0, 0.1) is 10.5 Å². The topological polar surface area (TPSA) is 52.3 Å². The van der Waals surface area contributed by atoms with E-state index in [2.05, 4.69) is 22.6 Å². The summed E-state index contributed by atoms with van der Waals surface area (Å²) in [5.41, 5.74) is 7.31. The van der Waals surface area contributed by atoms with E-state index in [1.54, 1.807) is 6.07 Å². The van der Waals surface area contributed by atoms with E-state index in [9.17, 15) is 4.79 Å². The first-order valence-electron chi connectivity index (χ1n) is 4.99. The number of nitrogens with two attached hydrogens (primary N) is 1. The lowest BCUT2D eigenvalue weighted by Gasteiger charge is -2.20. The van der Waals surface area contributed by atoms with E-state index in [1.165, 1.54) is 0 Å². The third-order valence-electron chi connectivity index (χ3n) is 1.96. The summed E-state index contributed by atoms with van der Waals surface area (Å²) < 4.78 is 6.25. The Balaban J connectivity index is 3.05. The Morgan fingerprint density at radius 2 is 1.94 bits per heavy atom. The van der Waals surface area contributed by atoms with Gasteiger partial charge in [-0.1, -0.05) is 0 Å². The lowest BCUT2D eigenvalue weighted by Crippen LogP contribution is -2.24. The zero-order valence-corrected chi connectivity index (χ0v) is 12.1. The van der Waals surface area contributed by atoms with E-state index in [4.69, 9.17) is 10.5 Å². The minimum absolute atomic E-state index is 0.326. The maximum absolute atomic E-state index is 11.9. The molecule has 0 spiro atoms. The number of carbonyl (C=O) groups excluding carboxylic acids is 1. The number of rotatable bonds is 1. The highest BCUT2D eigenvalue weighted by Crippen LogP contribution is 2.22. The summed E-state index contributed by atoms with van der Waals surface area (Å²) in [7, 11) is 0. The fourth-order valence-electron chi connectivity index (χ4n) is 1.24. The van der Waals surface area contributed by atoms with Crippen molar-refractivity contribution in [3.63, 3.8) is 0 Å². The molecule has 0 radical (unpaired) electrons. The molecule has 0 fully saturated rings. The molecule has 1 aromatic rings. The van der Waals surface area contributed by atoms with Crippen molar-refractivity contribution < 1.29 is 9.53 Å². The molecule has 1 rings (SSSR count). The molecule has 16 heavy (non-hydrogen) atoms. The van der Waals surface area contributed by atoms with Crippen molar-refractivity contribution in [2.24, 2.45) is 0 Å². The van der Waals surface area contributed by atoms with Crippen molar-refractivity contribution in [3.05, 3.63) is 26.8 Å². The number of hydrogen-bond acceptors (Lipinski definition) is 3. The van der Waals surface area contributed by atoms with E-state index >= 15 is 0 Å². The van der Waals surface area contributed by atoms with Gasteiger partial charge in [-0.2, -0.15) is 0 Å². The van der Waals surface area contributed by atoms with Crippen LogP contribution in [0.4, 0.5) is 5.69 Å². The molecule has 88 valence electrons. The van der Waals surface area contributed by atoms with Gasteiger partial charge in [0.05, 0.1) is 5.56 Å². The summed E-state index contributed by atoms with van der Waals surface area (Å²) in [5, 5.41) is 0. The van der Waals surface area contributed by atoms with E-state index in [0.29, 0.717) is 11.3 Å². The van der Waals surface area contributed by atoms with Crippen LogP contribution in [0.2, 0.25) is 0 Å². The third-order valence-corrected chi connectivity index (χ3v) is 2.90. The minimum atomic E-state index is -0.485. The zero-order chi connectivity index (χ0) is 12.5. The Hall–Kier alpha value is -0.780. The second-order valence-electron chi connectivity index (χ2n) is 4.69. The molecular formula is C12H16INO2. The van der Waals surface area contributed by atoms with Gasteiger partial charge in [0.2, 0.25) is 0 Å². The Kier molecular flexibility index (Phi) is 3.83. The molecule has 0 heterocycles. The molecule has 0 aliphatic heterocycles. The van der Waals surface area contributed by atoms with Crippen molar-refractivity contribution in [3.8, 4) is 0 Å². The van der Waals surface area contributed by atoms with Crippen LogP contribution in [-0.2, 0) is 4.74 Å². The maximum atomic E-state index is 11.9. The molecule has 0 bridgehead atoms. The van der Waals surface area contributed by atoms with Gasteiger partial charge < -0.3 is 10.5 Å². The van der Waals surface area contributed by atoms with Gasteiger partial charge in [0.15, 0.2) is 0 Å². The maximum Gasteiger partial charge on any atom is 0.338 e. The van der Waals surface area contributed by atoms with Crippen LogP contribution < -0.4 is 5.73 Å². The minimum Gasteiger partial charge on any atom is -0.456 e. The Morgan fingerprint density at radius 1 is 1.38 bits per heavy atom. The van der Waals surface area contributed by atoms with E-state index in [0.717, 1.165) is 9.13 Å². The molecule has 3 nitrogen and oxygen atoms in total. The molecule has 0 amide bonds. The number of halogens is 1. The van der Waals surface area contributed by atoms with E-state index in [1.807, 2.05) is 33.8 Å². The van der Waals surface area contributed by atoms with Gasteiger partial charge in [0.1, 0.15) is 5.60 Å². The van der Waals surface area contributed by atoms with Gasteiger partial charge in [0, 0.05) is 9.26 Å². The number of aryl methyl sites for hydroxylation is 1. The summed E-state index contributed by atoms with van der Waals surface area (Å²) in [6.45, 7) is 7.41. The number of ether oxygens (including phenoxy) is 1. The fraction of sp³-hybridized carbons (Fsp3) is 0.417. The molecule has 2 N–H and O–H groups in total. The van der Waals surface area contributed by atoms with Crippen molar-refractivity contribution in [2.45, 2.75) is 33.3 Å². The van der Waals surface area contributed by atoms with Gasteiger partial charge in [0.25, 0.3) is 0 Å². The SMILES string of the molecule is Cc1cc(I)c(N)cc1C(=O)OC(C)(C)C. The summed E-state index contributed by atoms with van der Waals surface area (Å²) in [6.07, 6.45) is 0. The second kappa shape index (κ2) is 4.61. The molecule has 0 saturated carbocycles. The molecule has 0 atom stereocenters. The van der Waals surface area contributed by atoms with Crippen LogP contribution in [0.15, 0.2) is 12.1 Å².